The highest BCUT2D eigenvalue weighted by Gasteiger charge is 2.41. The fraction of sp³-hybridized carbons (Fsp3) is 0.548. The highest BCUT2D eigenvalue weighted by molar-refractivity contribution is 6.32. The zero-order chi connectivity index (χ0) is 28.2. The monoisotopic (exact) mass is 555 g/mol. The Bertz CT molecular complexity index is 1170. The molecule has 4 rings (SSSR count). The molecule has 2 saturated heterocycles. The number of aryl methyl sites for hydroxylation is 4. The molecule has 1 N–H and O–H groups in total. The van der Waals surface area contributed by atoms with Gasteiger partial charge in [0, 0.05) is 50.7 Å². The van der Waals surface area contributed by atoms with Crippen molar-refractivity contribution in [3.8, 4) is 5.75 Å². The van der Waals surface area contributed by atoms with Gasteiger partial charge in [-0.25, -0.2) is 0 Å². The minimum atomic E-state index is -0.774. The van der Waals surface area contributed by atoms with Gasteiger partial charge in [0.25, 0.3) is 0 Å². The second-order valence-electron chi connectivity index (χ2n) is 11.4. The molecule has 2 aliphatic heterocycles. The number of nitrogens with one attached hydrogen (secondary N) is 1. The normalized spacial score (nSPS) is 20.6. The van der Waals surface area contributed by atoms with Crippen molar-refractivity contribution in [2.75, 3.05) is 39.4 Å². The third kappa shape index (κ3) is 7.74. The van der Waals surface area contributed by atoms with Gasteiger partial charge in [0.2, 0.25) is 11.8 Å². The van der Waals surface area contributed by atoms with E-state index in [4.69, 9.17) is 21.1 Å². The summed E-state index contributed by atoms with van der Waals surface area (Å²) in [5, 5.41) is 3.72. The maximum Gasteiger partial charge on any atom is 0.225 e. The average Bonchev–Trinajstić information content (AvgIpc) is 2.88. The summed E-state index contributed by atoms with van der Waals surface area (Å²) in [6, 6.07) is 10.6. The minimum Gasteiger partial charge on any atom is -0.490 e. The van der Waals surface area contributed by atoms with E-state index < -0.39 is 5.60 Å². The van der Waals surface area contributed by atoms with Gasteiger partial charge in [-0.05, 0) is 74.9 Å². The molecule has 0 aromatic heterocycles. The predicted octanol–water partition coefficient (Wildman–Crippen LogP) is 4.74. The van der Waals surface area contributed by atoms with Gasteiger partial charge >= 0.3 is 0 Å². The van der Waals surface area contributed by atoms with E-state index in [2.05, 4.69) is 42.3 Å². The lowest BCUT2D eigenvalue weighted by atomic mass is 9.95. The maximum atomic E-state index is 13.6. The van der Waals surface area contributed by atoms with Gasteiger partial charge in [-0.2, -0.15) is 0 Å². The fourth-order valence-electron chi connectivity index (χ4n) is 5.72. The number of rotatable bonds is 8. The van der Waals surface area contributed by atoms with Crippen LogP contribution in [0.4, 0.5) is 0 Å². The van der Waals surface area contributed by atoms with Gasteiger partial charge in [-0.1, -0.05) is 35.4 Å². The zero-order valence-corrected chi connectivity index (χ0v) is 24.7. The van der Waals surface area contributed by atoms with Crippen LogP contribution in [0, 0.1) is 27.7 Å². The van der Waals surface area contributed by atoms with E-state index in [9.17, 15) is 9.59 Å². The van der Waals surface area contributed by atoms with Crippen LogP contribution in [0.2, 0.25) is 5.02 Å². The Morgan fingerprint density at radius 1 is 1.05 bits per heavy atom. The number of ether oxygens (including phenoxy) is 2. The Kier molecular flexibility index (Phi) is 9.57. The molecule has 2 aromatic carbocycles. The number of piperidine rings is 1. The van der Waals surface area contributed by atoms with Crippen LogP contribution in [0.15, 0.2) is 30.3 Å². The van der Waals surface area contributed by atoms with Crippen LogP contribution in [0.25, 0.3) is 0 Å². The van der Waals surface area contributed by atoms with Crippen LogP contribution < -0.4 is 10.1 Å². The number of benzene rings is 2. The third-order valence-corrected chi connectivity index (χ3v) is 8.46. The fourth-order valence-corrected chi connectivity index (χ4v) is 5.83. The second kappa shape index (κ2) is 12.7. The first kappa shape index (κ1) is 29.4. The predicted molar refractivity (Wildman–Crippen MR) is 154 cm³/mol. The van der Waals surface area contributed by atoms with Crippen molar-refractivity contribution < 1.29 is 19.1 Å². The first-order chi connectivity index (χ1) is 18.5. The SMILES string of the molecule is CC(=O)NC1CCN(C(=O)C[C@@]2(COc3cc(C)c(Cl)c(C)c3)CN(Cc3ccc(C)cc3C)CCO2)CC1. The van der Waals surface area contributed by atoms with Crippen LogP contribution >= 0.6 is 11.6 Å². The van der Waals surface area contributed by atoms with E-state index in [1.165, 1.54) is 23.6 Å². The Hall–Kier alpha value is -2.61. The summed E-state index contributed by atoms with van der Waals surface area (Å²) in [5.74, 6) is 0.771. The number of hydrogen-bond acceptors (Lipinski definition) is 5. The van der Waals surface area contributed by atoms with Gasteiger partial charge in [0.15, 0.2) is 0 Å². The van der Waals surface area contributed by atoms with Gasteiger partial charge in [0.1, 0.15) is 18.0 Å². The molecule has 0 saturated carbocycles. The van der Waals surface area contributed by atoms with E-state index in [0.29, 0.717) is 26.2 Å². The van der Waals surface area contributed by atoms with Crippen molar-refractivity contribution in [2.24, 2.45) is 0 Å². The average molecular weight is 556 g/mol. The molecule has 0 radical (unpaired) electrons. The highest BCUT2D eigenvalue weighted by atomic mass is 35.5. The van der Waals surface area contributed by atoms with Crippen molar-refractivity contribution in [1.29, 1.82) is 0 Å². The van der Waals surface area contributed by atoms with Gasteiger partial charge in [-0.3, -0.25) is 14.5 Å². The zero-order valence-electron chi connectivity index (χ0n) is 23.9. The van der Waals surface area contributed by atoms with Crippen LogP contribution in [-0.4, -0.2) is 72.6 Å². The molecule has 0 unspecified atom stereocenters. The molecule has 0 aliphatic carbocycles. The quantitative estimate of drug-likeness (QED) is 0.509. The lowest BCUT2D eigenvalue weighted by Crippen LogP contribution is -2.57. The Morgan fingerprint density at radius 2 is 1.74 bits per heavy atom. The molecule has 0 spiro atoms. The summed E-state index contributed by atoms with van der Waals surface area (Å²) < 4.78 is 12.8. The van der Waals surface area contributed by atoms with Crippen LogP contribution in [0.1, 0.15) is 54.0 Å². The summed E-state index contributed by atoms with van der Waals surface area (Å²) >= 11 is 6.38. The molecule has 2 aromatic rings. The number of carbonyl (C=O) groups is 2. The van der Waals surface area contributed by atoms with Gasteiger partial charge in [-0.15, -0.1) is 0 Å². The molecule has 2 aliphatic rings. The van der Waals surface area contributed by atoms with Gasteiger partial charge < -0.3 is 19.7 Å². The van der Waals surface area contributed by atoms with Crippen molar-refractivity contribution in [3.05, 3.63) is 63.2 Å². The first-order valence-corrected chi connectivity index (χ1v) is 14.3. The molecule has 212 valence electrons. The van der Waals surface area contributed by atoms with Gasteiger partial charge in [0.05, 0.1) is 13.0 Å². The first-order valence-electron chi connectivity index (χ1n) is 13.9. The maximum absolute atomic E-state index is 13.6. The Balaban J connectivity index is 1.50. The Labute approximate surface area is 237 Å². The lowest BCUT2D eigenvalue weighted by Gasteiger charge is -2.43. The third-order valence-electron chi connectivity index (χ3n) is 7.86. The van der Waals surface area contributed by atoms with Crippen molar-refractivity contribution in [1.82, 2.24) is 15.1 Å². The van der Waals surface area contributed by atoms with Crippen LogP contribution in [0.3, 0.4) is 0 Å². The van der Waals surface area contributed by atoms with E-state index in [1.807, 2.05) is 30.9 Å². The summed E-state index contributed by atoms with van der Waals surface area (Å²) in [6.45, 7) is 14.0. The number of hydrogen-bond donors (Lipinski definition) is 1. The molecule has 8 heteroatoms. The highest BCUT2D eigenvalue weighted by Crippen LogP contribution is 2.30. The Morgan fingerprint density at radius 3 is 2.38 bits per heavy atom. The smallest absolute Gasteiger partial charge is 0.225 e. The van der Waals surface area contributed by atoms with Crippen LogP contribution in [0.5, 0.6) is 5.75 Å². The van der Waals surface area contributed by atoms with E-state index in [1.54, 1.807) is 0 Å². The molecule has 39 heavy (non-hydrogen) atoms. The van der Waals surface area contributed by atoms with E-state index in [0.717, 1.165) is 47.8 Å². The van der Waals surface area contributed by atoms with Crippen molar-refractivity contribution in [2.45, 2.75) is 72.1 Å². The topological polar surface area (TPSA) is 71.1 Å². The molecule has 1 atom stereocenters. The summed E-state index contributed by atoms with van der Waals surface area (Å²) in [4.78, 5) is 29.3. The van der Waals surface area contributed by atoms with Crippen molar-refractivity contribution in [3.63, 3.8) is 0 Å². The van der Waals surface area contributed by atoms with E-state index in [-0.39, 0.29) is 30.9 Å². The molecular weight excluding hydrogens is 514 g/mol. The summed E-state index contributed by atoms with van der Waals surface area (Å²) in [7, 11) is 0. The lowest BCUT2D eigenvalue weighted by molar-refractivity contribution is -0.157. The second-order valence-corrected chi connectivity index (χ2v) is 11.7. The molecule has 2 heterocycles. The number of halogens is 1. The number of carbonyl (C=O) groups excluding carboxylic acids is 2. The number of amides is 2. The number of nitrogens with zero attached hydrogens (tertiary/aromatic N) is 2. The molecule has 0 bridgehead atoms. The van der Waals surface area contributed by atoms with Crippen LogP contribution in [-0.2, 0) is 20.9 Å². The minimum absolute atomic E-state index is 0.0249. The molecule has 7 nitrogen and oxygen atoms in total. The number of morpholine rings is 1. The molecule has 2 amide bonds. The molecule has 2 fully saturated rings. The largest absolute Gasteiger partial charge is 0.490 e. The summed E-state index contributed by atoms with van der Waals surface area (Å²) in [5.41, 5.74) is 4.95. The molecular formula is C31H42ClN3O4. The number of likely N-dealkylation sites (tertiary alicyclic amines) is 1. The standard InChI is InChI=1S/C31H42ClN3O4/c1-21-6-7-26(22(2)14-21)18-34-12-13-39-31(19-34,20-38-28-15-23(3)30(32)24(4)16-28)17-29(37)35-10-8-27(9-11-35)33-25(5)36/h6-7,14-16,27H,8-13,17-20H2,1-5H3,(H,33,36)/t31-/m0/s1. The van der Waals surface area contributed by atoms with Crippen molar-refractivity contribution >= 4 is 23.4 Å². The van der Waals surface area contributed by atoms with E-state index >= 15 is 0 Å². The summed E-state index contributed by atoms with van der Waals surface area (Å²) in [6.07, 6.45) is 1.77.